The molecule has 0 aliphatic heterocycles. The van der Waals surface area contributed by atoms with Gasteiger partial charge in [-0.25, -0.2) is 17.5 Å². The van der Waals surface area contributed by atoms with Crippen molar-refractivity contribution in [3.05, 3.63) is 71.5 Å². The third kappa shape index (κ3) is 7.03. The monoisotopic (exact) mass is 364 g/mol. The Labute approximate surface area is 147 Å². The number of carbonyl (C=O) groups excluding carboxylic acids is 1. The van der Waals surface area contributed by atoms with Crippen molar-refractivity contribution >= 4 is 15.9 Å². The number of nitrogens with one attached hydrogen (secondary N) is 2. The van der Waals surface area contributed by atoms with Gasteiger partial charge in [0.1, 0.15) is 5.82 Å². The zero-order valence-electron chi connectivity index (χ0n) is 13.9. The molecule has 0 aromatic heterocycles. The molecule has 0 saturated heterocycles. The van der Waals surface area contributed by atoms with E-state index in [4.69, 9.17) is 0 Å². The lowest BCUT2D eigenvalue weighted by Gasteiger charge is -2.18. The fraction of sp³-hybridized carbons (Fsp3) is 0.278. The molecule has 0 heterocycles. The van der Waals surface area contributed by atoms with E-state index >= 15 is 0 Å². The Bertz CT molecular complexity index is 793. The third-order valence-electron chi connectivity index (χ3n) is 3.60. The average molecular weight is 364 g/mol. The molecule has 2 aromatic carbocycles. The largest absolute Gasteiger partial charge is 0.356 e. The van der Waals surface area contributed by atoms with Crippen molar-refractivity contribution in [2.24, 2.45) is 0 Å². The Morgan fingerprint density at radius 3 is 2.32 bits per heavy atom. The van der Waals surface area contributed by atoms with Crippen LogP contribution in [-0.2, 0) is 21.2 Å². The molecule has 25 heavy (non-hydrogen) atoms. The van der Waals surface area contributed by atoms with Crippen molar-refractivity contribution in [2.45, 2.75) is 18.9 Å². The predicted molar refractivity (Wildman–Crippen MR) is 94.9 cm³/mol. The van der Waals surface area contributed by atoms with Crippen LogP contribution in [0.3, 0.4) is 0 Å². The first kappa shape index (κ1) is 19.1. The summed E-state index contributed by atoms with van der Waals surface area (Å²) in [6.07, 6.45) is 1.65. The Balaban J connectivity index is 1.95. The number of carbonyl (C=O) groups is 1. The van der Waals surface area contributed by atoms with Gasteiger partial charge in [-0.1, -0.05) is 42.5 Å². The first-order valence-corrected chi connectivity index (χ1v) is 9.76. The number of benzene rings is 2. The van der Waals surface area contributed by atoms with Crippen LogP contribution < -0.4 is 10.0 Å². The van der Waals surface area contributed by atoms with Crippen LogP contribution in [0.15, 0.2) is 54.6 Å². The minimum Gasteiger partial charge on any atom is -0.356 e. The van der Waals surface area contributed by atoms with Gasteiger partial charge in [0.05, 0.1) is 12.3 Å². The topological polar surface area (TPSA) is 75.3 Å². The Kier molecular flexibility index (Phi) is 6.66. The normalized spacial score (nSPS) is 12.6. The number of rotatable bonds is 8. The molecule has 0 aliphatic rings. The van der Waals surface area contributed by atoms with Crippen LogP contribution in [0.4, 0.5) is 4.39 Å². The number of halogens is 1. The molecule has 0 bridgehead atoms. The molecule has 1 amide bonds. The average Bonchev–Trinajstić information content (AvgIpc) is 2.54. The lowest BCUT2D eigenvalue weighted by atomic mass is 10.0. The Morgan fingerprint density at radius 1 is 1.08 bits per heavy atom. The second kappa shape index (κ2) is 8.73. The first-order valence-electron chi connectivity index (χ1n) is 7.87. The first-order chi connectivity index (χ1) is 11.8. The van der Waals surface area contributed by atoms with Crippen LogP contribution in [0, 0.1) is 5.82 Å². The molecule has 134 valence electrons. The summed E-state index contributed by atoms with van der Waals surface area (Å²) in [5.41, 5.74) is 1.64. The van der Waals surface area contributed by atoms with Gasteiger partial charge >= 0.3 is 0 Å². The highest BCUT2D eigenvalue weighted by atomic mass is 32.2. The number of hydrogen-bond acceptors (Lipinski definition) is 3. The van der Waals surface area contributed by atoms with Gasteiger partial charge in [-0.15, -0.1) is 0 Å². The summed E-state index contributed by atoms with van der Waals surface area (Å²) in [5.74, 6) is -0.699. The quantitative estimate of drug-likeness (QED) is 0.754. The maximum atomic E-state index is 13.1. The third-order valence-corrected chi connectivity index (χ3v) is 4.31. The van der Waals surface area contributed by atoms with E-state index in [1.807, 2.05) is 30.3 Å². The van der Waals surface area contributed by atoms with Crippen LogP contribution in [0.1, 0.15) is 23.6 Å². The molecule has 2 aromatic rings. The van der Waals surface area contributed by atoms with Crippen LogP contribution in [0.25, 0.3) is 0 Å². The van der Waals surface area contributed by atoms with E-state index in [2.05, 4.69) is 10.0 Å². The highest BCUT2D eigenvalue weighted by Crippen LogP contribution is 2.18. The van der Waals surface area contributed by atoms with Crippen molar-refractivity contribution in [1.82, 2.24) is 10.0 Å². The molecule has 2 N–H and O–H groups in total. The van der Waals surface area contributed by atoms with Crippen LogP contribution in [0.5, 0.6) is 0 Å². The van der Waals surface area contributed by atoms with Gasteiger partial charge in [-0.3, -0.25) is 4.79 Å². The maximum absolute atomic E-state index is 13.1. The van der Waals surface area contributed by atoms with Crippen LogP contribution in [0.2, 0.25) is 0 Å². The maximum Gasteiger partial charge on any atom is 0.221 e. The summed E-state index contributed by atoms with van der Waals surface area (Å²) in [4.78, 5) is 12.1. The summed E-state index contributed by atoms with van der Waals surface area (Å²) < 4.78 is 38.6. The second-order valence-electron chi connectivity index (χ2n) is 5.78. The molecule has 0 fully saturated rings. The van der Waals surface area contributed by atoms with Crippen molar-refractivity contribution < 1.29 is 17.6 Å². The molecule has 7 heteroatoms. The number of sulfonamides is 1. The summed E-state index contributed by atoms with van der Waals surface area (Å²) in [5, 5.41) is 2.78. The molecule has 2 rings (SSSR count). The number of hydrogen-bond donors (Lipinski definition) is 2. The van der Waals surface area contributed by atoms with Gasteiger partial charge in [0.25, 0.3) is 0 Å². The van der Waals surface area contributed by atoms with Gasteiger partial charge in [0.2, 0.25) is 15.9 Å². The standard InChI is InChI=1S/C18H21FN2O3S/c1-25(23,24)21-17(15-7-9-16(19)10-8-15)13-18(22)20-12-11-14-5-3-2-4-6-14/h2-10,17,21H,11-13H2,1H3,(H,20,22)/t17-/m1/s1. The van der Waals surface area contributed by atoms with Crippen LogP contribution in [-0.4, -0.2) is 27.1 Å². The fourth-order valence-corrected chi connectivity index (χ4v) is 3.17. The van der Waals surface area contributed by atoms with Crippen molar-refractivity contribution in [2.75, 3.05) is 12.8 Å². The lowest BCUT2D eigenvalue weighted by Crippen LogP contribution is -2.34. The number of amides is 1. The van der Waals surface area contributed by atoms with E-state index in [-0.39, 0.29) is 12.3 Å². The van der Waals surface area contributed by atoms with Crippen molar-refractivity contribution in [1.29, 1.82) is 0 Å². The summed E-state index contributed by atoms with van der Waals surface area (Å²) in [7, 11) is -3.51. The SMILES string of the molecule is CS(=O)(=O)N[C@H](CC(=O)NCCc1ccccc1)c1ccc(F)cc1. The molecule has 0 unspecified atom stereocenters. The smallest absolute Gasteiger partial charge is 0.221 e. The van der Waals surface area contributed by atoms with E-state index in [9.17, 15) is 17.6 Å². The van der Waals surface area contributed by atoms with Gasteiger partial charge in [-0.2, -0.15) is 0 Å². The summed E-state index contributed by atoms with van der Waals surface area (Å²) in [6.45, 7) is 0.456. The predicted octanol–water partition coefficient (Wildman–Crippen LogP) is 2.17. The molecule has 0 radical (unpaired) electrons. The molecule has 1 atom stereocenters. The van der Waals surface area contributed by atoms with Gasteiger partial charge in [0, 0.05) is 13.0 Å². The molecule has 0 saturated carbocycles. The molecule has 0 spiro atoms. The molecule has 5 nitrogen and oxygen atoms in total. The summed E-state index contributed by atoms with van der Waals surface area (Å²) in [6, 6.07) is 14.4. The fourth-order valence-electron chi connectivity index (χ4n) is 2.43. The highest BCUT2D eigenvalue weighted by molar-refractivity contribution is 7.88. The lowest BCUT2D eigenvalue weighted by molar-refractivity contribution is -0.121. The van der Waals surface area contributed by atoms with Crippen LogP contribution >= 0.6 is 0 Å². The zero-order chi connectivity index (χ0) is 18.3. The highest BCUT2D eigenvalue weighted by Gasteiger charge is 2.19. The molecular weight excluding hydrogens is 343 g/mol. The Hall–Kier alpha value is -2.25. The second-order valence-corrected chi connectivity index (χ2v) is 7.56. The zero-order valence-corrected chi connectivity index (χ0v) is 14.7. The Morgan fingerprint density at radius 2 is 1.72 bits per heavy atom. The molecule has 0 aliphatic carbocycles. The van der Waals surface area contributed by atoms with Crippen molar-refractivity contribution in [3.8, 4) is 0 Å². The van der Waals surface area contributed by atoms with Gasteiger partial charge in [-0.05, 0) is 29.7 Å². The van der Waals surface area contributed by atoms with Gasteiger partial charge in [0.15, 0.2) is 0 Å². The summed E-state index contributed by atoms with van der Waals surface area (Å²) >= 11 is 0. The minimum absolute atomic E-state index is 0.0620. The van der Waals surface area contributed by atoms with E-state index in [1.165, 1.54) is 24.3 Å². The van der Waals surface area contributed by atoms with E-state index in [0.717, 1.165) is 11.8 Å². The minimum atomic E-state index is -3.51. The van der Waals surface area contributed by atoms with E-state index < -0.39 is 21.9 Å². The molecular formula is C18H21FN2O3S. The van der Waals surface area contributed by atoms with Crippen molar-refractivity contribution in [3.63, 3.8) is 0 Å². The van der Waals surface area contributed by atoms with Gasteiger partial charge < -0.3 is 5.32 Å². The van der Waals surface area contributed by atoms with E-state index in [1.54, 1.807) is 0 Å². The van der Waals surface area contributed by atoms with E-state index in [0.29, 0.717) is 18.5 Å².